The molecule has 3 heterocycles. The second kappa shape index (κ2) is 15.0. The van der Waals surface area contributed by atoms with Crippen LogP contribution >= 0.6 is 0 Å². The molecular weight excluding hydrogens is 634 g/mol. The first-order valence-corrected chi connectivity index (χ1v) is 16.3. The van der Waals surface area contributed by atoms with Crippen molar-refractivity contribution in [3.8, 4) is 11.4 Å². The van der Waals surface area contributed by atoms with E-state index in [1.165, 1.54) is 34.0 Å². The maximum Gasteiger partial charge on any atom is 0.350 e. The van der Waals surface area contributed by atoms with Crippen molar-refractivity contribution >= 4 is 11.4 Å². The van der Waals surface area contributed by atoms with Gasteiger partial charge in [0.05, 0.1) is 37.6 Å². The van der Waals surface area contributed by atoms with Crippen LogP contribution in [0.15, 0.2) is 90.5 Å². The smallest absolute Gasteiger partial charge is 0.350 e. The van der Waals surface area contributed by atoms with Crippen molar-refractivity contribution in [2.45, 2.75) is 51.0 Å². The van der Waals surface area contributed by atoms with Crippen molar-refractivity contribution in [3.05, 3.63) is 113 Å². The number of nitrogens with one attached hydrogen (secondary N) is 2. The van der Waals surface area contributed by atoms with Gasteiger partial charge in [-0.15, -0.1) is 0 Å². The Morgan fingerprint density at radius 1 is 1.02 bits per heavy atom. The maximum absolute atomic E-state index is 14.9. The van der Waals surface area contributed by atoms with Crippen LogP contribution in [0.2, 0.25) is 0 Å². The number of aliphatic hydroxyl groups is 1. The highest BCUT2D eigenvalue weighted by Gasteiger charge is 2.44. The zero-order valence-corrected chi connectivity index (χ0v) is 27.4. The van der Waals surface area contributed by atoms with E-state index in [9.17, 15) is 18.7 Å². The fraction of sp³-hybridized carbons (Fsp3) is 0.371. The third-order valence-corrected chi connectivity index (χ3v) is 8.77. The van der Waals surface area contributed by atoms with Crippen LogP contribution in [0.4, 0.5) is 20.2 Å². The minimum atomic E-state index is -1.02. The van der Waals surface area contributed by atoms with Gasteiger partial charge in [-0.2, -0.15) is 10.2 Å². The van der Waals surface area contributed by atoms with Crippen LogP contribution in [0.25, 0.3) is 5.69 Å². The number of ether oxygens (including phenoxy) is 2. The first-order chi connectivity index (χ1) is 23.7. The molecule has 0 amide bonds. The van der Waals surface area contributed by atoms with E-state index in [-0.39, 0.29) is 29.8 Å². The van der Waals surface area contributed by atoms with Crippen LogP contribution in [0, 0.1) is 17.6 Å². The molecule has 4 atom stereocenters. The van der Waals surface area contributed by atoms with Crippen molar-refractivity contribution in [2.75, 3.05) is 36.9 Å². The van der Waals surface area contributed by atoms with Gasteiger partial charge in [0.1, 0.15) is 42.0 Å². The van der Waals surface area contributed by atoms with E-state index in [0.717, 1.165) is 17.4 Å². The van der Waals surface area contributed by atoms with Gasteiger partial charge < -0.3 is 25.2 Å². The molecule has 1 aliphatic heterocycles. The van der Waals surface area contributed by atoms with Crippen LogP contribution in [0.3, 0.4) is 0 Å². The Kier molecular flexibility index (Phi) is 10.3. The number of nitrogens with zero attached hydrogens (tertiary/aromatic N) is 6. The maximum atomic E-state index is 14.9. The Labute approximate surface area is 282 Å². The lowest BCUT2D eigenvalue weighted by Crippen LogP contribution is -2.32. The fourth-order valence-corrected chi connectivity index (χ4v) is 6.26. The van der Waals surface area contributed by atoms with Crippen LogP contribution in [0.1, 0.15) is 38.3 Å². The first-order valence-electron chi connectivity index (χ1n) is 16.3. The zero-order valence-electron chi connectivity index (χ0n) is 27.4. The highest BCUT2D eigenvalue weighted by Crippen LogP contribution is 2.42. The summed E-state index contributed by atoms with van der Waals surface area (Å²) in [7, 11) is 0. The Bertz CT molecular complexity index is 1860. The van der Waals surface area contributed by atoms with Gasteiger partial charge in [-0.25, -0.2) is 32.5 Å². The number of aliphatic hydroxyl groups excluding tert-OH is 1. The Morgan fingerprint density at radius 2 is 1.73 bits per heavy atom. The lowest BCUT2D eigenvalue weighted by atomic mass is 9.87. The van der Waals surface area contributed by atoms with E-state index in [4.69, 9.17) is 9.47 Å². The predicted octanol–water partition coefficient (Wildman–Crippen LogP) is 4.77. The molecule has 6 rings (SSSR count). The summed E-state index contributed by atoms with van der Waals surface area (Å²) >= 11 is 0. The average molecular weight is 675 g/mol. The van der Waals surface area contributed by atoms with Gasteiger partial charge in [0.25, 0.3) is 0 Å². The Balaban J connectivity index is 0.965. The van der Waals surface area contributed by atoms with Crippen molar-refractivity contribution in [1.82, 2.24) is 29.1 Å². The molecule has 49 heavy (non-hydrogen) atoms. The van der Waals surface area contributed by atoms with Gasteiger partial charge in [0, 0.05) is 42.0 Å². The van der Waals surface area contributed by atoms with Crippen molar-refractivity contribution in [3.63, 3.8) is 0 Å². The van der Waals surface area contributed by atoms with Crippen LogP contribution in [-0.2, 0) is 16.9 Å². The largest absolute Gasteiger partial charge is 0.493 e. The van der Waals surface area contributed by atoms with E-state index in [1.54, 1.807) is 17.9 Å². The molecule has 4 unspecified atom stereocenters. The number of benzene rings is 3. The summed E-state index contributed by atoms with van der Waals surface area (Å²) < 4.78 is 45.2. The van der Waals surface area contributed by atoms with E-state index in [1.807, 2.05) is 55.5 Å². The van der Waals surface area contributed by atoms with E-state index < -0.39 is 23.3 Å². The second-order valence-electron chi connectivity index (χ2n) is 12.3. The highest BCUT2D eigenvalue weighted by molar-refractivity contribution is 5.50. The number of hydrogen-bond donors (Lipinski definition) is 3. The van der Waals surface area contributed by atoms with Gasteiger partial charge in [-0.05, 0) is 74.4 Å². The molecule has 0 saturated carbocycles. The molecule has 0 aliphatic carbocycles. The van der Waals surface area contributed by atoms with Crippen LogP contribution in [0.5, 0.6) is 5.75 Å². The molecule has 5 aromatic rings. The molecule has 1 fully saturated rings. The first kappa shape index (κ1) is 33.8. The van der Waals surface area contributed by atoms with Crippen molar-refractivity contribution in [1.29, 1.82) is 0 Å². The predicted molar refractivity (Wildman–Crippen MR) is 180 cm³/mol. The SMILES string of the molecule is CCC(C(C)O)n1ncn(-c2ccc(NCCNc3ccc(OCC4COC(Cn5cncn5)(c5ccc(F)cc5F)C4)cc3)cc2)c1=O. The number of rotatable bonds is 15. The van der Waals surface area contributed by atoms with Gasteiger partial charge in [-0.3, -0.25) is 0 Å². The highest BCUT2D eigenvalue weighted by atomic mass is 19.1. The summed E-state index contributed by atoms with van der Waals surface area (Å²) in [5.41, 5.74) is 1.51. The van der Waals surface area contributed by atoms with Crippen LogP contribution in [-0.4, -0.2) is 66.6 Å². The van der Waals surface area contributed by atoms with Gasteiger partial charge >= 0.3 is 5.69 Å². The molecule has 0 spiro atoms. The molecule has 0 radical (unpaired) electrons. The third kappa shape index (κ3) is 7.81. The molecule has 2 aromatic heterocycles. The molecule has 14 heteroatoms. The number of aromatic nitrogens is 6. The summed E-state index contributed by atoms with van der Waals surface area (Å²) in [5, 5.41) is 25.1. The molecule has 0 bridgehead atoms. The van der Waals surface area contributed by atoms with Gasteiger partial charge in [0.2, 0.25) is 0 Å². The monoisotopic (exact) mass is 674 g/mol. The Morgan fingerprint density at radius 3 is 2.37 bits per heavy atom. The number of halogens is 2. The van der Waals surface area contributed by atoms with Gasteiger partial charge in [0.15, 0.2) is 0 Å². The van der Waals surface area contributed by atoms with Crippen LogP contribution < -0.4 is 21.1 Å². The normalized spacial score (nSPS) is 18.7. The van der Waals surface area contributed by atoms with Gasteiger partial charge in [-0.1, -0.05) is 13.0 Å². The minimum Gasteiger partial charge on any atom is -0.493 e. The quantitative estimate of drug-likeness (QED) is 0.134. The summed E-state index contributed by atoms with van der Waals surface area (Å²) in [4.78, 5) is 16.8. The topological polar surface area (TPSA) is 133 Å². The Hall–Kier alpha value is -5.08. The van der Waals surface area contributed by atoms with Crippen molar-refractivity contribution in [2.24, 2.45) is 5.92 Å². The molecule has 1 aliphatic rings. The molecular formula is C35H40F2N8O4. The van der Waals surface area contributed by atoms with Crippen molar-refractivity contribution < 1.29 is 23.4 Å². The molecule has 3 N–H and O–H groups in total. The lowest BCUT2D eigenvalue weighted by molar-refractivity contribution is -0.0206. The van der Waals surface area contributed by atoms with E-state index >= 15 is 0 Å². The lowest BCUT2D eigenvalue weighted by Gasteiger charge is -2.29. The minimum absolute atomic E-state index is 0.0203. The van der Waals surface area contributed by atoms with E-state index in [0.29, 0.717) is 50.6 Å². The zero-order chi connectivity index (χ0) is 34.4. The average Bonchev–Trinajstić information content (AvgIpc) is 3.85. The molecule has 258 valence electrons. The summed E-state index contributed by atoms with van der Waals surface area (Å²) in [6.07, 6.45) is 4.81. The number of anilines is 2. The fourth-order valence-electron chi connectivity index (χ4n) is 6.26. The number of hydrogen-bond acceptors (Lipinski definition) is 9. The second-order valence-corrected chi connectivity index (χ2v) is 12.3. The molecule has 12 nitrogen and oxygen atoms in total. The molecule has 1 saturated heterocycles. The third-order valence-electron chi connectivity index (χ3n) is 8.77. The standard InChI is InChI=1S/C35H40F2N8O4/c1-3-33(24(2)46)45-34(47)44(23-42-45)29-9-5-27(6-10-29)39-14-15-40-28-7-11-30(12-8-28)48-18-25-17-35(49-19-25,20-43-22-38-21-41-43)31-13-4-26(36)16-32(31)37/h4-13,16,21-25,33,39-40,46H,3,14-15,17-20H2,1-2H3. The summed E-state index contributed by atoms with van der Waals surface area (Å²) in [6.45, 7) is 5.86. The summed E-state index contributed by atoms with van der Waals surface area (Å²) in [6, 6.07) is 18.3. The summed E-state index contributed by atoms with van der Waals surface area (Å²) in [5.74, 6) is -0.620. The molecule has 3 aromatic carbocycles. The van der Waals surface area contributed by atoms with E-state index in [2.05, 4.69) is 25.8 Å².